The highest BCUT2D eigenvalue weighted by molar-refractivity contribution is 5.50. The van der Waals surface area contributed by atoms with E-state index in [-0.39, 0.29) is 0 Å². The van der Waals surface area contributed by atoms with Crippen LogP contribution in [0.25, 0.3) is 0 Å². The Hall–Kier alpha value is -1.42. The van der Waals surface area contributed by atoms with E-state index in [0.717, 1.165) is 11.5 Å². The summed E-state index contributed by atoms with van der Waals surface area (Å²) in [6.07, 6.45) is 14.9. The Kier molecular flexibility index (Phi) is 5.33. The second-order valence-electron chi connectivity index (χ2n) is 5.73. The first kappa shape index (κ1) is 14.0. The third-order valence-electron chi connectivity index (χ3n) is 4.19. The Balaban J connectivity index is 1.90. The summed E-state index contributed by atoms with van der Waals surface area (Å²) in [6, 6.07) is 8.84. The number of hydrogen-bond acceptors (Lipinski definition) is 1. The van der Waals surface area contributed by atoms with Crippen molar-refractivity contribution in [3.8, 4) is 12.3 Å². The monoisotopic (exact) mass is 255 g/mol. The molecule has 0 bridgehead atoms. The Labute approximate surface area is 117 Å². The molecule has 0 aliphatic heterocycles. The van der Waals surface area contributed by atoms with E-state index in [2.05, 4.69) is 30.3 Å². The van der Waals surface area contributed by atoms with E-state index < -0.39 is 0 Å². The molecule has 0 amide bonds. The topological polar surface area (TPSA) is 12.0 Å². The zero-order valence-electron chi connectivity index (χ0n) is 12.0. The standard InChI is InChI=1S/C18H25N/c1-3-7-16-9-6-10-17(13-12-16)19-18-11-5-8-15(4-2)14-18/h2,5,8,11,14,16-17,19H,3,6-7,9-10,12-13H2,1H3. The van der Waals surface area contributed by atoms with Gasteiger partial charge in [0.05, 0.1) is 0 Å². The van der Waals surface area contributed by atoms with Gasteiger partial charge in [-0.2, -0.15) is 0 Å². The molecule has 2 rings (SSSR count). The summed E-state index contributed by atoms with van der Waals surface area (Å²) in [5, 5.41) is 3.66. The fraction of sp³-hybridized carbons (Fsp3) is 0.556. The molecule has 1 aliphatic rings. The van der Waals surface area contributed by atoms with Crippen molar-refractivity contribution in [2.24, 2.45) is 5.92 Å². The van der Waals surface area contributed by atoms with E-state index >= 15 is 0 Å². The van der Waals surface area contributed by atoms with Gasteiger partial charge in [0.1, 0.15) is 0 Å². The average molecular weight is 255 g/mol. The molecule has 0 spiro atoms. The molecule has 1 aliphatic carbocycles. The maximum absolute atomic E-state index is 5.45. The molecule has 0 radical (unpaired) electrons. The third-order valence-corrected chi connectivity index (χ3v) is 4.19. The second-order valence-corrected chi connectivity index (χ2v) is 5.73. The Morgan fingerprint density at radius 2 is 2.16 bits per heavy atom. The van der Waals surface area contributed by atoms with Gasteiger partial charge in [0.15, 0.2) is 0 Å². The molecule has 1 fully saturated rings. The predicted molar refractivity (Wildman–Crippen MR) is 83.3 cm³/mol. The minimum Gasteiger partial charge on any atom is -0.382 e. The van der Waals surface area contributed by atoms with E-state index in [9.17, 15) is 0 Å². The smallest absolute Gasteiger partial charge is 0.0354 e. The zero-order valence-corrected chi connectivity index (χ0v) is 12.0. The molecule has 1 saturated carbocycles. The fourth-order valence-electron chi connectivity index (χ4n) is 3.15. The number of rotatable bonds is 4. The zero-order chi connectivity index (χ0) is 13.5. The Morgan fingerprint density at radius 3 is 2.95 bits per heavy atom. The van der Waals surface area contributed by atoms with Crippen molar-refractivity contribution in [3.05, 3.63) is 29.8 Å². The van der Waals surface area contributed by atoms with Crippen LogP contribution >= 0.6 is 0 Å². The molecule has 1 heteroatoms. The number of hydrogen-bond donors (Lipinski definition) is 1. The van der Waals surface area contributed by atoms with Gasteiger partial charge < -0.3 is 5.32 Å². The first-order chi connectivity index (χ1) is 9.31. The van der Waals surface area contributed by atoms with Crippen LogP contribution in [0, 0.1) is 18.3 Å². The van der Waals surface area contributed by atoms with Crippen LogP contribution in [0.3, 0.4) is 0 Å². The lowest BCUT2D eigenvalue weighted by Crippen LogP contribution is -2.18. The lowest BCUT2D eigenvalue weighted by molar-refractivity contribution is 0.422. The van der Waals surface area contributed by atoms with Gasteiger partial charge >= 0.3 is 0 Å². The normalized spacial score (nSPS) is 23.4. The molecule has 102 valence electrons. The van der Waals surface area contributed by atoms with Crippen molar-refractivity contribution in [1.29, 1.82) is 0 Å². The van der Waals surface area contributed by atoms with Crippen LogP contribution in [-0.4, -0.2) is 6.04 Å². The minimum absolute atomic E-state index is 0.620. The number of anilines is 1. The molecule has 1 aromatic rings. The van der Waals surface area contributed by atoms with Crippen LogP contribution in [0.1, 0.15) is 57.4 Å². The summed E-state index contributed by atoms with van der Waals surface area (Å²) < 4.78 is 0. The number of terminal acetylenes is 1. The summed E-state index contributed by atoms with van der Waals surface area (Å²) in [5.41, 5.74) is 2.14. The molecule has 2 unspecified atom stereocenters. The highest BCUT2D eigenvalue weighted by Gasteiger charge is 2.18. The molecule has 1 aromatic carbocycles. The van der Waals surface area contributed by atoms with Crippen molar-refractivity contribution < 1.29 is 0 Å². The molecule has 0 heterocycles. The van der Waals surface area contributed by atoms with Crippen LogP contribution < -0.4 is 5.32 Å². The van der Waals surface area contributed by atoms with Crippen LogP contribution in [-0.2, 0) is 0 Å². The van der Waals surface area contributed by atoms with Crippen LogP contribution in [0.5, 0.6) is 0 Å². The lowest BCUT2D eigenvalue weighted by Gasteiger charge is -2.18. The van der Waals surface area contributed by atoms with Crippen molar-refractivity contribution in [1.82, 2.24) is 0 Å². The lowest BCUT2D eigenvalue weighted by atomic mass is 9.95. The Morgan fingerprint density at radius 1 is 1.26 bits per heavy atom. The highest BCUT2D eigenvalue weighted by Crippen LogP contribution is 2.28. The van der Waals surface area contributed by atoms with Gasteiger partial charge in [-0.25, -0.2) is 0 Å². The molecule has 2 atom stereocenters. The minimum atomic E-state index is 0.620. The maximum atomic E-state index is 5.45. The second kappa shape index (κ2) is 7.24. The first-order valence-corrected chi connectivity index (χ1v) is 7.65. The molecule has 19 heavy (non-hydrogen) atoms. The maximum Gasteiger partial charge on any atom is 0.0354 e. The number of nitrogens with one attached hydrogen (secondary N) is 1. The molecule has 0 saturated heterocycles. The van der Waals surface area contributed by atoms with Crippen molar-refractivity contribution in [2.45, 2.75) is 57.9 Å². The van der Waals surface area contributed by atoms with Crippen LogP contribution in [0.2, 0.25) is 0 Å². The van der Waals surface area contributed by atoms with E-state index in [1.807, 2.05) is 12.1 Å². The molecule has 1 nitrogen and oxygen atoms in total. The Bertz CT molecular complexity index is 430. The highest BCUT2D eigenvalue weighted by atomic mass is 14.9. The summed E-state index contributed by atoms with van der Waals surface area (Å²) in [6.45, 7) is 2.30. The summed E-state index contributed by atoms with van der Waals surface area (Å²) in [7, 11) is 0. The van der Waals surface area contributed by atoms with Gasteiger partial charge in [-0.05, 0) is 43.4 Å². The molecule has 1 N–H and O–H groups in total. The van der Waals surface area contributed by atoms with E-state index in [1.54, 1.807) is 0 Å². The summed E-state index contributed by atoms with van der Waals surface area (Å²) in [4.78, 5) is 0. The summed E-state index contributed by atoms with van der Waals surface area (Å²) >= 11 is 0. The van der Waals surface area contributed by atoms with Gasteiger partial charge in [-0.1, -0.05) is 44.6 Å². The van der Waals surface area contributed by atoms with Gasteiger partial charge in [-0.3, -0.25) is 0 Å². The van der Waals surface area contributed by atoms with Crippen LogP contribution in [0.4, 0.5) is 5.69 Å². The van der Waals surface area contributed by atoms with Crippen molar-refractivity contribution in [3.63, 3.8) is 0 Å². The molecular formula is C18H25N. The molecular weight excluding hydrogens is 230 g/mol. The predicted octanol–water partition coefficient (Wildman–Crippen LogP) is 4.83. The van der Waals surface area contributed by atoms with Gasteiger partial charge in [-0.15, -0.1) is 6.42 Å². The van der Waals surface area contributed by atoms with Crippen molar-refractivity contribution in [2.75, 3.05) is 5.32 Å². The van der Waals surface area contributed by atoms with Gasteiger partial charge in [0.25, 0.3) is 0 Å². The average Bonchev–Trinajstić information content (AvgIpc) is 2.65. The fourth-order valence-corrected chi connectivity index (χ4v) is 3.15. The number of benzene rings is 1. The quantitative estimate of drug-likeness (QED) is 0.600. The summed E-state index contributed by atoms with van der Waals surface area (Å²) in [5.74, 6) is 3.65. The SMILES string of the molecule is C#Cc1cccc(NC2CCCC(CCC)CC2)c1. The van der Waals surface area contributed by atoms with Crippen molar-refractivity contribution >= 4 is 5.69 Å². The van der Waals surface area contributed by atoms with E-state index in [0.29, 0.717) is 6.04 Å². The third kappa shape index (κ3) is 4.31. The van der Waals surface area contributed by atoms with Crippen LogP contribution in [0.15, 0.2) is 24.3 Å². The van der Waals surface area contributed by atoms with E-state index in [4.69, 9.17) is 6.42 Å². The largest absolute Gasteiger partial charge is 0.382 e. The van der Waals surface area contributed by atoms with Gasteiger partial charge in [0, 0.05) is 17.3 Å². The van der Waals surface area contributed by atoms with Gasteiger partial charge in [0.2, 0.25) is 0 Å². The van der Waals surface area contributed by atoms with E-state index in [1.165, 1.54) is 50.6 Å². The molecule has 0 aromatic heterocycles. The first-order valence-electron chi connectivity index (χ1n) is 7.65.